The fourth-order valence-corrected chi connectivity index (χ4v) is 4.37. The number of rotatable bonds is 5. The molecule has 0 aliphatic heterocycles. The molecule has 1 aromatic rings. The zero-order chi connectivity index (χ0) is 14.8. The van der Waals surface area contributed by atoms with Gasteiger partial charge in [-0.2, -0.15) is 4.31 Å². The molecule has 0 unspecified atom stereocenters. The molecule has 0 bridgehead atoms. The van der Waals surface area contributed by atoms with Crippen LogP contribution in [0, 0.1) is 0 Å². The lowest BCUT2D eigenvalue weighted by molar-refractivity contribution is 0.347. The number of halogens is 1. The number of hydrogen-bond acceptors (Lipinski definition) is 3. The van der Waals surface area contributed by atoms with E-state index >= 15 is 0 Å². The highest BCUT2D eigenvalue weighted by Crippen LogP contribution is 2.28. The smallest absolute Gasteiger partial charge is 0.266 e. The molecule has 0 aromatic carbocycles. The van der Waals surface area contributed by atoms with Crippen molar-refractivity contribution in [2.45, 2.75) is 36.6 Å². The molecule has 1 aliphatic rings. The van der Waals surface area contributed by atoms with Crippen molar-refractivity contribution in [3.05, 3.63) is 40.3 Å². The molecule has 1 saturated carbocycles. The minimum Gasteiger partial charge on any atom is -0.326 e. The number of pyridine rings is 1. The number of sulfonamides is 1. The van der Waals surface area contributed by atoms with Crippen LogP contribution in [0.1, 0.15) is 25.7 Å². The van der Waals surface area contributed by atoms with Gasteiger partial charge in [0.15, 0.2) is 0 Å². The molecule has 1 aromatic heterocycles. The Kier molecular flexibility index (Phi) is 4.67. The quantitative estimate of drug-likeness (QED) is 0.846. The summed E-state index contributed by atoms with van der Waals surface area (Å²) in [6.45, 7) is 3.87. The standard InChI is InChI=1S/C13H17ClN2O3S/c1-2-7-16(10-5-3-4-6-10)20(18,19)11-8-12(14)13(17)15-9-11/h2,8-10H,1,3-7H2,(H,15,17). The van der Waals surface area contributed by atoms with Crippen molar-refractivity contribution in [3.8, 4) is 0 Å². The fourth-order valence-electron chi connectivity index (χ4n) is 2.48. The maximum atomic E-state index is 12.7. The van der Waals surface area contributed by atoms with Crippen LogP contribution in [-0.4, -0.2) is 30.3 Å². The summed E-state index contributed by atoms with van der Waals surface area (Å²) in [5.74, 6) is 0. The van der Waals surface area contributed by atoms with Crippen LogP contribution >= 0.6 is 11.6 Å². The summed E-state index contributed by atoms with van der Waals surface area (Å²) in [4.78, 5) is 13.6. The van der Waals surface area contributed by atoms with Gasteiger partial charge in [-0.3, -0.25) is 4.79 Å². The van der Waals surface area contributed by atoms with Gasteiger partial charge in [0.05, 0.1) is 4.90 Å². The number of nitrogens with one attached hydrogen (secondary N) is 1. The van der Waals surface area contributed by atoms with Crippen LogP contribution in [0.5, 0.6) is 0 Å². The van der Waals surface area contributed by atoms with Gasteiger partial charge in [0.1, 0.15) is 5.02 Å². The molecule has 20 heavy (non-hydrogen) atoms. The van der Waals surface area contributed by atoms with Crippen molar-refractivity contribution in [2.75, 3.05) is 6.54 Å². The molecule has 0 spiro atoms. The van der Waals surface area contributed by atoms with Crippen LogP contribution < -0.4 is 5.56 Å². The maximum absolute atomic E-state index is 12.7. The van der Waals surface area contributed by atoms with E-state index in [9.17, 15) is 13.2 Å². The van der Waals surface area contributed by atoms with E-state index in [-0.39, 0.29) is 22.5 Å². The molecule has 2 rings (SSSR count). The summed E-state index contributed by atoms with van der Waals surface area (Å²) in [6.07, 6.45) is 6.52. The number of aromatic amines is 1. The first-order chi connectivity index (χ1) is 9.46. The number of aromatic nitrogens is 1. The third kappa shape index (κ3) is 2.97. The second-order valence-electron chi connectivity index (χ2n) is 4.81. The lowest BCUT2D eigenvalue weighted by Crippen LogP contribution is -2.39. The summed E-state index contributed by atoms with van der Waals surface area (Å²) in [6, 6.07) is 1.18. The molecule has 0 atom stereocenters. The summed E-state index contributed by atoms with van der Waals surface area (Å²) in [5, 5.41) is -0.129. The van der Waals surface area contributed by atoms with Crippen LogP contribution in [0.4, 0.5) is 0 Å². The van der Waals surface area contributed by atoms with Crippen molar-refractivity contribution in [2.24, 2.45) is 0 Å². The van der Waals surface area contributed by atoms with E-state index in [4.69, 9.17) is 11.6 Å². The zero-order valence-electron chi connectivity index (χ0n) is 11.0. The van der Waals surface area contributed by atoms with Crippen LogP contribution in [-0.2, 0) is 10.0 Å². The Balaban J connectivity index is 2.41. The fraction of sp³-hybridized carbons (Fsp3) is 0.462. The first-order valence-electron chi connectivity index (χ1n) is 6.48. The van der Waals surface area contributed by atoms with Gasteiger partial charge in [-0.25, -0.2) is 8.42 Å². The largest absolute Gasteiger partial charge is 0.326 e. The normalized spacial score (nSPS) is 16.7. The topological polar surface area (TPSA) is 70.2 Å². The number of nitrogens with zero attached hydrogens (tertiary/aromatic N) is 1. The van der Waals surface area contributed by atoms with Gasteiger partial charge in [0.25, 0.3) is 5.56 Å². The zero-order valence-corrected chi connectivity index (χ0v) is 12.6. The molecule has 1 heterocycles. The van der Waals surface area contributed by atoms with Crippen LogP contribution in [0.25, 0.3) is 0 Å². The van der Waals surface area contributed by atoms with Gasteiger partial charge in [-0.05, 0) is 18.9 Å². The molecule has 5 nitrogen and oxygen atoms in total. The molecule has 0 amide bonds. The van der Waals surface area contributed by atoms with Gasteiger partial charge < -0.3 is 4.98 Å². The van der Waals surface area contributed by atoms with Gasteiger partial charge >= 0.3 is 0 Å². The average Bonchev–Trinajstić information content (AvgIpc) is 2.92. The SMILES string of the molecule is C=CCN(C1CCCC1)S(=O)(=O)c1c[nH]c(=O)c(Cl)c1. The minimum absolute atomic E-state index is 0.0100. The molecule has 1 aliphatic carbocycles. The maximum Gasteiger partial charge on any atom is 0.266 e. The molecular weight excluding hydrogens is 300 g/mol. The second kappa shape index (κ2) is 6.11. The van der Waals surface area contributed by atoms with Gasteiger partial charge in [-0.15, -0.1) is 6.58 Å². The van der Waals surface area contributed by atoms with E-state index in [1.165, 1.54) is 16.6 Å². The summed E-state index contributed by atoms with van der Waals surface area (Å²) < 4.78 is 26.8. The molecule has 0 radical (unpaired) electrons. The van der Waals surface area contributed by atoms with Crippen molar-refractivity contribution in [1.29, 1.82) is 0 Å². The Morgan fingerprint density at radius 3 is 2.65 bits per heavy atom. The molecule has 7 heteroatoms. The van der Waals surface area contributed by atoms with Gasteiger partial charge in [-0.1, -0.05) is 30.5 Å². The van der Waals surface area contributed by atoms with Crippen molar-refractivity contribution < 1.29 is 8.42 Å². The molecular formula is C13H17ClN2O3S. The summed E-state index contributed by atoms with van der Waals surface area (Å²) >= 11 is 5.71. The van der Waals surface area contributed by atoms with Crippen molar-refractivity contribution in [1.82, 2.24) is 9.29 Å². The van der Waals surface area contributed by atoms with Crippen LogP contribution in [0.15, 0.2) is 34.6 Å². The monoisotopic (exact) mass is 316 g/mol. The average molecular weight is 317 g/mol. The molecule has 1 N–H and O–H groups in total. The summed E-state index contributed by atoms with van der Waals surface area (Å²) in [5.41, 5.74) is -0.498. The van der Waals surface area contributed by atoms with E-state index in [0.29, 0.717) is 0 Å². The predicted octanol–water partition coefficient (Wildman–Crippen LogP) is 2.15. The highest BCUT2D eigenvalue weighted by molar-refractivity contribution is 7.89. The van der Waals surface area contributed by atoms with Gasteiger partial charge in [0.2, 0.25) is 10.0 Å². The molecule has 0 saturated heterocycles. The first kappa shape index (κ1) is 15.3. The number of hydrogen-bond donors (Lipinski definition) is 1. The highest BCUT2D eigenvalue weighted by atomic mass is 35.5. The Labute approximate surface area is 123 Å². The predicted molar refractivity (Wildman–Crippen MR) is 78.4 cm³/mol. The van der Waals surface area contributed by atoms with E-state index in [1.807, 2.05) is 0 Å². The highest BCUT2D eigenvalue weighted by Gasteiger charge is 2.32. The van der Waals surface area contributed by atoms with E-state index in [1.54, 1.807) is 6.08 Å². The number of H-pyrrole nitrogens is 1. The minimum atomic E-state index is -3.68. The third-order valence-electron chi connectivity index (χ3n) is 3.48. The summed E-state index contributed by atoms with van der Waals surface area (Å²) in [7, 11) is -3.68. The Morgan fingerprint density at radius 1 is 1.45 bits per heavy atom. The Morgan fingerprint density at radius 2 is 2.10 bits per heavy atom. The Hall–Kier alpha value is -1.11. The first-order valence-corrected chi connectivity index (χ1v) is 8.29. The second-order valence-corrected chi connectivity index (χ2v) is 7.11. The molecule has 1 fully saturated rings. The Bertz CT molecular complexity index is 648. The van der Waals surface area contributed by atoms with Crippen molar-refractivity contribution >= 4 is 21.6 Å². The van der Waals surface area contributed by atoms with E-state index < -0.39 is 15.6 Å². The van der Waals surface area contributed by atoms with E-state index in [2.05, 4.69) is 11.6 Å². The van der Waals surface area contributed by atoms with E-state index in [0.717, 1.165) is 25.7 Å². The van der Waals surface area contributed by atoms with Crippen LogP contribution in [0.3, 0.4) is 0 Å². The van der Waals surface area contributed by atoms with Crippen LogP contribution in [0.2, 0.25) is 5.02 Å². The van der Waals surface area contributed by atoms with Crippen molar-refractivity contribution in [3.63, 3.8) is 0 Å². The van der Waals surface area contributed by atoms with Gasteiger partial charge in [0, 0.05) is 18.8 Å². The molecule has 110 valence electrons. The third-order valence-corrected chi connectivity index (χ3v) is 5.66. The lowest BCUT2D eigenvalue weighted by atomic mass is 10.2. The lowest BCUT2D eigenvalue weighted by Gasteiger charge is -2.26.